The van der Waals surface area contributed by atoms with E-state index in [1.165, 1.54) is 6.92 Å². The Hall–Kier alpha value is -1.56. The fraction of sp³-hybridized carbons (Fsp3) is 0.467. The molecule has 106 valence electrons. The van der Waals surface area contributed by atoms with Gasteiger partial charge < -0.3 is 14.9 Å². The Balaban J connectivity index is 1.97. The first kappa shape index (κ1) is 13.4. The van der Waals surface area contributed by atoms with E-state index in [0.29, 0.717) is 11.1 Å². The zero-order valence-electron chi connectivity index (χ0n) is 11.1. The third kappa shape index (κ3) is 1.82. The average molecular weight is 276 g/mol. The Kier molecular flexibility index (Phi) is 3.01. The Morgan fingerprint density at radius 1 is 1.25 bits per heavy atom. The molecule has 5 heteroatoms. The molecule has 0 radical (unpaired) electrons. The first-order valence-electron chi connectivity index (χ1n) is 6.62. The summed E-state index contributed by atoms with van der Waals surface area (Å²) in [7, 11) is 0. The van der Waals surface area contributed by atoms with Crippen LogP contribution in [0.25, 0.3) is 0 Å². The van der Waals surface area contributed by atoms with E-state index in [1.54, 1.807) is 24.3 Å². The number of Topliss-reactive ketones (excluding diaryl/α,β-unsaturated/α-hetero) is 2. The molecule has 1 fully saturated rings. The summed E-state index contributed by atoms with van der Waals surface area (Å²) in [4.78, 5) is 24.8. The van der Waals surface area contributed by atoms with E-state index >= 15 is 0 Å². The number of hydrogen-bond acceptors (Lipinski definition) is 5. The van der Waals surface area contributed by atoms with Gasteiger partial charge in [-0.05, 0) is 13.3 Å². The van der Waals surface area contributed by atoms with Crippen LogP contribution in [0.15, 0.2) is 24.3 Å². The first-order chi connectivity index (χ1) is 9.45. The summed E-state index contributed by atoms with van der Waals surface area (Å²) in [5, 5.41) is 19.3. The number of hydrogen-bond donors (Lipinski definition) is 2. The number of aliphatic hydroxyl groups is 2. The smallest absolute Gasteiger partial charge is 0.193 e. The third-order valence-electron chi connectivity index (χ3n) is 4.21. The lowest BCUT2D eigenvalue weighted by molar-refractivity contribution is -0.110. The maximum absolute atomic E-state index is 12.4. The lowest BCUT2D eigenvalue weighted by atomic mass is 9.78. The quantitative estimate of drug-likeness (QED) is 0.825. The van der Waals surface area contributed by atoms with Crippen LogP contribution in [0, 0.1) is 5.92 Å². The molecule has 1 aliphatic heterocycles. The molecule has 3 rings (SSSR count). The fourth-order valence-corrected chi connectivity index (χ4v) is 2.94. The standard InChI is InChI=1S/C15H16O5/c1-15(19,7-16)11-6-10-12(17)8-4-2-3-5-9(8)13(18)14(10)20-11/h2-5,10-11,14,16,19H,6-7H2,1H3. The molecule has 0 saturated carbocycles. The van der Waals surface area contributed by atoms with Gasteiger partial charge in [-0.2, -0.15) is 0 Å². The average Bonchev–Trinajstić information content (AvgIpc) is 2.91. The molecule has 1 aliphatic carbocycles. The predicted octanol–water partition coefficient (Wildman–Crippen LogP) is 0.583. The van der Waals surface area contributed by atoms with Crippen LogP contribution < -0.4 is 0 Å². The number of rotatable bonds is 2. The minimum Gasteiger partial charge on any atom is -0.393 e. The number of aliphatic hydroxyl groups excluding tert-OH is 1. The Labute approximate surface area is 116 Å². The Morgan fingerprint density at radius 3 is 2.45 bits per heavy atom. The molecule has 1 aromatic rings. The molecule has 20 heavy (non-hydrogen) atoms. The van der Waals surface area contributed by atoms with Crippen LogP contribution in [0.5, 0.6) is 0 Å². The van der Waals surface area contributed by atoms with Crippen LogP contribution in [0.1, 0.15) is 34.1 Å². The topological polar surface area (TPSA) is 83.8 Å². The second-order valence-electron chi connectivity index (χ2n) is 5.68. The van der Waals surface area contributed by atoms with Gasteiger partial charge in [0, 0.05) is 11.1 Å². The van der Waals surface area contributed by atoms with Crippen LogP contribution in [0.2, 0.25) is 0 Å². The van der Waals surface area contributed by atoms with Gasteiger partial charge in [0.25, 0.3) is 0 Å². The summed E-state index contributed by atoms with van der Waals surface area (Å²) in [6.07, 6.45) is -1.32. The van der Waals surface area contributed by atoms with Gasteiger partial charge in [0.15, 0.2) is 11.6 Å². The second-order valence-corrected chi connectivity index (χ2v) is 5.68. The highest BCUT2D eigenvalue weighted by atomic mass is 16.5. The number of fused-ring (bicyclic) bond motifs is 2. The minimum atomic E-state index is -1.45. The molecule has 0 spiro atoms. The second kappa shape index (κ2) is 4.48. The van der Waals surface area contributed by atoms with Gasteiger partial charge >= 0.3 is 0 Å². The van der Waals surface area contributed by atoms with Crippen molar-refractivity contribution in [3.63, 3.8) is 0 Å². The monoisotopic (exact) mass is 276 g/mol. The van der Waals surface area contributed by atoms with Crippen LogP contribution in [0.4, 0.5) is 0 Å². The van der Waals surface area contributed by atoms with Crippen LogP contribution >= 0.6 is 0 Å². The van der Waals surface area contributed by atoms with E-state index < -0.39 is 30.3 Å². The summed E-state index contributed by atoms with van der Waals surface area (Å²) in [5.41, 5.74) is -0.654. The van der Waals surface area contributed by atoms with E-state index in [-0.39, 0.29) is 18.0 Å². The van der Waals surface area contributed by atoms with Gasteiger partial charge in [0.1, 0.15) is 11.7 Å². The summed E-state index contributed by atoms with van der Waals surface area (Å²) in [5.74, 6) is -0.914. The fourth-order valence-electron chi connectivity index (χ4n) is 2.94. The minimum absolute atomic E-state index is 0.124. The molecule has 4 atom stereocenters. The van der Waals surface area contributed by atoms with E-state index in [9.17, 15) is 19.8 Å². The zero-order valence-corrected chi connectivity index (χ0v) is 11.1. The highest BCUT2D eigenvalue weighted by molar-refractivity contribution is 6.17. The number of ether oxygens (including phenoxy) is 1. The SMILES string of the molecule is CC(O)(CO)C1CC2C(=O)c3ccccc3C(=O)C2O1. The summed E-state index contributed by atoms with van der Waals surface area (Å²) < 4.78 is 5.58. The molecular formula is C15H16O5. The largest absolute Gasteiger partial charge is 0.393 e. The Bertz CT molecular complexity index is 534. The van der Waals surface area contributed by atoms with Gasteiger partial charge in [0.05, 0.1) is 18.6 Å². The van der Waals surface area contributed by atoms with Gasteiger partial charge in [-0.3, -0.25) is 9.59 Å². The van der Waals surface area contributed by atoms with Crippen molar-refractivity contribution >= 4 is 11.6 Å². The maximum atomic E-state index is 12.4. The lowest BCUT2D eigenvalue weighted by Gasteiger charge is -2.27. The number of carbonyl (C=O) groups is 2. The van der Waals surface area contributed by atoms with E-state index in [4.69, 9.17) is 4.74 Å². The van der Waals surface area contributed by atoms with Crippen molar-refractivity contribution in [3.8, 4) is 0 Å². The lowest BCUT2D eigenvalue weighted by Crippen LogP contribution is -2.43. The van der Waals surface area contributed by atoms with Gasteiger partial charge in [-0.25, -0.2) is 0 Å². The molecular weight excluding hydrogens is 260 g/mol. The van der Waals surface area contributed by atoms with Crippen molar-refractivity contribution in [2.24, 2.45) is 5.92 Å². The molecule has 1 saturated heterocycles. The zero-order chi connectivity index (χ0) is 14.5. The van der Waals surface area contributed by atoms with Gasteiger partial charge in [-0.1, -0.05) is 24.3 Å². The van der Waals surface area contributed by atoms with Crippen LogP contribution in [-0.4, -0.2) is 46.2 Å². The van der Waals surface area contributed by atoms with E-state index in [0.717, 1.165) is 0 Å². The summed E-state index contributed by atoms with van der Waals surface area (Å²) >= 11 is 0. The highest BCUT2D eigenvalue weighted by Gasteiger charge is 2.52. The molecule has 1 aromatic carbocycles. The van der Waals surface area contributed by atoms with Gasteiger partial charge in [-0.15, -0.1) is 0 Å². The van der Waals surface area contributed by atoms with E-state index in [2.05, 4.69) is 0 Å². The van der Waals surface area contributed by atoms with Crippen molar-refractivity contribution in [2.75, 3.05) is 6.61 Å². The van der Waals surface area contributed by atoms with Crippen LogP contribution in [-0.2, 0) is 4.74 Å². The predicted molar refractivity (Wildman–Crippen MR) is 69.6 cm³/mol. The van der Waals surface area contributed by atoms with Crippen molar-refractivity contribution < 1.29 is 24.5 Å². The highest BCUT2D eigenvalue weighted by Crippen LogP contribution is 2.39. The van der Waals surface area contributed by atoms with Crippen molar-refractivity contribution in [1.29, 1.82) is 0 Å². The first-order valence-corrected chi connectivity index (χ1v) is 6.62. The van der Waals surface area contributed by atoms with Crippen LogP contribution in [0.3, 0.4) is 0 Å². The molecule has 4 unspecified atom stereocenters. The maximum Gasteiger partial charge on any atom is 0.193 e. The number of carbonyl (C=O) groups excluding carboxylic acids is 2. The number of benzene rings is 1. The molecule has 0 aromatic heterocycles. The van der Waals surface area contributed by atoms with Crippen molar-refractivity contribution in [1.82, 2.24) is 0 Å². The van der Waals surface area contributed by atoms with Crippen molar-refractivity contribution in [2.45, 2.75) is 31.2 Å². The molecule has 0 amide bonds. The molecule has 5 nitrogen and oxygen atoms in total. The van der Waals surface area contributed by atoms with Crippen molar-refractivity contribution in [3.05, 3.63) is 35.4 Å². The number of ketones is 2. The third-order valence-corrected chi connectivity index (χ3v) is 4.21. The summed E-state index contributed by atoms with van der Waals surface area (Å²) in [6.45, 7) is 0.962. The Morgan fingerprint density at radius 2 is 1.85 bits per heavy atom. The molecule has 1 heterocycles. The molecule has 2 aliphatic rings. The molecule has 0 bridgehead atoms. The summed E-state index contributed by atoms with van der Waals surface area (Å²) in [6, 6.07) is 6.69. The normalized spacial score (nSPS) is 31.6. The van der Waals surface area contributed by atoms with E-state index in [1.807, 2.05) is 0 Å². The molecule has 2 N–H and O–H groups in total. The van der Waals surface area contributed by atoms with Gasteiger partial charge in [0.2, 0.25) is 0 Å².